The zero-order chi connectivity index (χ0) is 21.2. The fraction of sp³-hybridized carbons (Fsp3) is 0.611. The van der Waals surface area contributed by atoms with Crippen molar-refractivity contribution in [2.24, 2.45) is 5.92 Å². The number of rotatable bonds is 3. The molecule has 1 amide bonds. The summed E-state index contributed by atoms with van der Waals surface area (Å²) in [4.78, 5) is 27.2. The molecule has 29 heavy (non-hydrogen) atoms. The number of carbonyl (C=O) groups excluding carboxylic acids is 1. The monoisotopic (exact) mass is 436 g/mol. The van der Waals surface area contributed by atoms with Gasteiger partial charge in [-0.05, 0) is 18.9 Å². The first kappa shape index (κ1) is 21.7. The number of hydrogen-bond acceptors (Lipinski definition) is 5. The SMILES string of the molecule is O=C(C1CC(F)C1)N1CC2(CC(Oc3ccccn3)CS2)C1.O=C(O)C(F)(F)F. The van der Waals surface area contributed by atoms with Crippen LogP contribution in [0.3, 0.4) is 0 Å². The molecule has 2 aliphatic heterocycles. The molecule has 1 aromatic heterocycles. The first-order chi connectivity index (χ1) is 13.6. The van der Waals surface area contributed by atoms with Crippen LogP contribution < -0.4 is 4.74 Å². The van der Waals surface area contributed by atoms with Crippen molar-refractivity contribution < 1.29 is 37.0 Å². The lowest BCUT2D eigenvalue weighted by Gasteiger charge is -2.49. The Morgan fingerprint density at radius 3 is 2.45 bits per heavy atom. The highest BCUT2D eigenvalue weighted by molar-refractivity contribution is 8.01. The summed E-state index contributed by atoms with van der Waals surface area (Å²) >= 11 is 1.90. The average Bonchev–Trinajstić information content (AvgIpc) is 3.02. The van der Waals surface area contributed by atoms with Gasteiger partial charge >= 0.3 is 12.1 Å². The molecule has 1 aliphatic carbocycles. The number of aromatic nitrogens is 1. The third kappa shape index (κ3) is 5.31. The van der Waals surface area contributed by atoms with Crippen LogP contribution in [0.25, 0.3) is 0 Å². The van der Waals surface area contributed by atoms with Crippen LogP contribution in [0.4, 0.5) is 17.6 Å². The second kappa shape index (κ2) is 8.37. The van der Waals surface area contributed by atoms with E-state index in [1.54, 1.807) is 6.20 Å². The van der Waals surface area contributed by atoms with Crippen molar-refractivity contribution in [1.82, 2.24) is 9.88 Å². The molecule has 1 N–H and O–H groups in total. The van der Waals surface area contributed by atoms with Crippen molar-refractivity contribution in [2.45, 2.75) is 42.5 Å². The summed E-state index contributed by atoms with van der Waals surface area (Å²) in [7, 11) is 0. The summed E-state index contributed by atoms with van der Waals surface area (Å²) in [6.45, 7) is 1.57. The minimum Gasteiger partial charge on any atom is -0.475 e. The smallest absolute Gasteiger partial charge is 0.475 e. The molecule has 4 rings (SSSR count). The molecule has 1 unspecified atom stereocenters. The number of aliphatic carboxylic acids is 1. The molecule has 1 spiro atoms. The van der Waals surface area contributed by atoms with Gasteiger partial charge in [-0.25, -0.2) is 14.2 Å². The lowest BCUT2D eigenvalue weighted by molar-refractivity contribution is -0.192. The molecular weight excluding hydrogens is 416 g/mol. The highest BCUT2D eigenvalue weighted by Gasteiger charge is 2.53. The van der Waals surface area contributed by atoms with Gasteiger partial charge < -0.3 is 14.7 Å². The maximum atomic E-state index is 12.9. The summed E-state index contributed by atoms with van der Waals surface area (Å²) in [5.41, 5.74) is 0. The van der Waals surface area contributed by atoms with E-state index in [9.17, 15) is 22.4 Å². The minimum atomic E-state index is -5.08. The third-order valence-corrected chi connectivity index (χ3v) is 6.62. The van der Waals surface area contributed by atoms with Gasteiger partial charge in [-0.3, -0.25) is 4.79 Å². The largest absolute Gasteiger partial charge is 0.490 e. The summed E-state index contributed by atoms with van der Waals surface area (Å²) in [5, 5.41) is 7.12. The second-order valence-electron chi connectivity index (χ2n) is 7.37. The minimum absolute atomic E-state index is 0.0701. The number of pyridine rings is 1. The molecule has 0 radical (unpaired) electrons. The standard InChI is InChI=1S/C16H19FN2O2S.C2HF3O2/c17-12-5-11(6-12)15(20)19-9-16(10-19)7-13(8-22-16)21-14-3-1-2-4-18-14;3-2(4,5)1(6)7/h1-4,11-13H,5-10H2;(H,6,7). The average molecular weight is 436 g/mol. The van der Waals surface area contributed by atoms with Crippen molar-refractivity contribution in [3.05, 3.63) is 24.4 Å². The second-order valence-corrected chi connectivity index (χ2v) is 8.86. The van der Waals surface area contributed by atoms with Gasteiger partial charge in [0.1, 0.15) is 12.3 Å². The summed E-state index contributed by atoms with van der Waals surface area (Å²) in [6.07, 6.45) is -2.17. The number of amides is 1. The first-order valence-corrected chi connectivity index (χ1v) is 10.0. The predicted molar refractivity (Wildman–Crippen MR) is 96.3 cm³/mol. The third-order valence-electron chi connectivity index (χ3n) is 5.04. The molecule has 11 heteroatoms. The van der Waals surface area contributed by atoms with Gasteiger partial charge in [0, 0.05) is 43.4 Å². The number of likely N-dealkylation sites (tertiary alicyclic amines) is 1. The van der Waals surface area contributed by atoms with Crippen LogP contribution in [-0.2, 0) is 9.59 Å². The van der Waals surface area contributed by atoms with Gasteiger partial charge in [-0.1, -0.05) is 6.07 Å². The molecule has 2 saturated heterocycles. The Bertz CT molecular complexity index is 737. The van der Waals surface area contributed by atoms with Crippen LogP contribution in [0.1, 0.15) is 19.3 Å². The van der Waals surface area contributed by atoms with E-state index in [4.69, 9.17) is 14.6 Å². The van der Waals surface area contributed by atoms with Crippen LogP contribution in [0.2, 0.25) is 0 Å². The quantitative estimate of drug-likeness (QED) is 0.734. The van der Waals surface area contributed by atoms with Crippen LogP contribution in [0.5, 0.6) is 5.88 Å². The Morgan fingerprint density at radius 1 is 1.28 bits per heavy atom. The maximum Gasteiger partial charge on any atom is 0.490 e. The number of carboxylic acids is 1. The van der Waals surface area contributed by atoms with E-state index in [0.717, 1.165) is 25.3 Å². The predicted octanol–water partition coefficient (Wildman–Crippen LogP) is 2.93. The Balaban J connectivity index is 0.000000298. The first-order valence-electron chi connectivity index (χ1n) is 9.03. The van der Waals surface area contributed by atoms with Crippen molar-refractivity contribution in [3.8, 4) is 5.88 Å². The molecular formula is C18H20F4N2O4S. The van der Waals surface area contributed by atoms with E-state index in [-0.39, 0.29) is 22.7 Å². The highest BCUT2D eigenvalue weighted by Crippen LogP contribution is 2.47. The Morgan fingerprint density at radius 2 is 1.93 bits per heavy atom. The molecule has 3 aliphatic rings. The van der Waals surface area contributed by atoms with Crippen LogP contribution in [-0.4, -0.2) is 68.9 Å². The van der Waals surface area contributed by atoms with E-state index in [1.807, 2.05) is 34.9 Å². The fourth-order valence-corrected chi connectivity index (χ4v) is 5.02. The molecule has 1 saturated carbocycles. The molecule has 3 heterocycles. The molecule has 1 aromatic rings. The van der Waals surface area contributed by atoms with E-state index in [1.165, 1.54) is 0 Å². The number of hydrogen-bond donors (Lipinski definition) is 1. The van der Waals surface area contributed by atoms with Crippen molar-refractivity contribution in [3.63, 3.8) is 0 Å². The lowest BCUT2D eigenvalue weighted by atomic mass is 9.80. The number of alkyl halides is 4. The molecule has 0 bridgehead atoms. The van der Waals surface area contributed by atoms with Gasteiger partial charge in [0.05, 0.1) is 4.75 Å². The van der Waals surface area contributed by atoms with Gasteiger partial charge in [0.25, 0.3) is 0 Å². The zero-order valence-electron chi connectivity index (χ0n) is 15.3. The zero-order valence-corrected chi connectivity index (χ0v) is 16.1. The lowest BCUT2D eigenvalue weighted by Crippen LogP contribution is -2.62. The number of halogens is 4. The van der Waals surface area contributed by atoms with Crippen molar-refractivity contribution in [1.29, 1.82) is 0 Å². The summed E-state index contributed by atoms with van der Waals surface area (Å²) in [6, 6.07) is 5.66. The van der Waals surface area contributed by atoms with Crippen LogP contribution in [0.15, 0.2) is 24.4 Å². The summed E-state index contributed by atoms with van der Waals surface area (Å²) in [5.74, 6) is -1.07. The van der Waals surface area contributed by atoms with E-state index in [0.29, 0.717) is 18.7 Å². The number of carboxylic acid groups (broad SMARTS) is 1. The maximum absolute atomic E-state index is 12.9. The topological polar surface area (TPSA) is 79.7 Å². The van der Waals surface area contributed by atoms with Gasteiger partial charge in [-0.2, -0.15) is 13.2 Å². The Labute approximate surface area is 168 Å². The Hall–Kier alpha value is -2.04. The van der Waals surface area contributed by atoms with E-state index < -0.39 is 18.3 Å². The normalized spacial score (nSPS) is 27.3. The summed E-state index contributed by atoms with van der Waals surface area (Å²) < 4.78 is 50.7. The number of thioether (sulfide) groups is 1. The highest BCUT2D eigenvalue weighted by atomic mass is 32.2. The number of carbonyl (C=O) groups is 2. The fourth-order valence-electron chi connectivity index (χ4n) is 3.50. The van der Waals surface area contributed by atoms with Crippen molar-refractivity contribution in [2.75, 3.05) is 18.8 Å². The van der Waals surface area contributed by atoms with Crippen molar-refractivity contribution >= 4 is 23.6 Å². The number of nitrogens with zero attached hydrogens (tertiary/aromatic N) is 2. The van der Waals surface area contributed by atoms with Gasteiger partial charge in [0.15, 0.2) is 0 Å². The van der Waals surface area contributed by atoms with Crippen LogP contribution >= 0.6 is 11.8 Å². The number of ether oxygens (including phenoxy) is 1. The van der Waals surface area contributed by atoms with Crippen LogP contribution in [0, 0.1) is 5.92 Å². The van der Waals surface area contributed by atoms with Gasteiger partial charge in [0.2, 0.25) is 11.8 Å². The molecule has 3 fully saturated rings. The Kier molecular flexibility index (Phi) is 6.25. The molecule has 160 valence electrons. The van der Waals surface area contributed by atoms with Gasteiger partial charge in [-0.15, -0.1) is 11.8 Å². The molecule has 1 atom stereocenters. The molecule has 6 nitrogen and oxygen atoms in total. The molecule has 0 aromatic carbocycles. The van der Waals surface area contributed by atoms with E-state index >= 15 is 0 Å². The van der Waals surface area contributed by atoms with E-state index in [2.05, 4.69) is 4.98 Å².